The highest BCUT2D eigenvalue weighted by Crippen LogP contribution is 2.11. The van der Waals surface area contributed by atoms with Crippen LogP contribution in [0.2, 0.25) is 0 Å². The van der Waals surface area contributed by atoms with E-state index in [-0.39, 0.29) is 6.10 Å². The molecule has 1 nitrogen and oxygen atoms in total. The minimum absolute atomic E-state index is 0.167. The molecule has 1 aromatic rings. The SMILES string of the molecule is CC(C)O.CC(C)c1ccccc1. The third-order valence-corrected chi connectivity index (χ3v) is 1.47. The third-order valence-electron chi connectivity index (χ3n) is 1.47. The first-order chi connectivity index (χ1) is 6.04. The van der Waals surface area contributed by atoms with E-state index in [1.807, 2.05) is 6.07 Å². The molecule has 0 unspecified atom stereocenters. The van der Waals surface area contributed by atoms with E-state index >= 15 is 0 Å². The highest BCUT2D eigenvalue weighted by atomic mass is 16.3. The fourth-order valence-electron chi connectivity index (χ4n) is 0.838. The van der Waals surface area contributed by atoms with E-state index in [0.717, 1.165) is 0 Å². The normalized spacial score (nSPS) is 9.77. The molecule has 0 fully saturated rings. The predicted octanol–water partition coefficient (Wildman–Crippen LogP) is 3.20. The van der Waals surface area contributed by atoms with Gasteiger partial charge in [0.25, 0.3) is 0 Å². The number of aliphatic hydroxyl groups excluding tert-OH is 1. The molecule has 0 spiro atoms. The van der Waals surface area contributed by atoms with E-state index in [2.05, 4.69) is 38.1 Å². The van der Waals surface area contributed by atoms with E-state index in [9.17, 15) is 0 Å². The Morgan fingerprint density at radius 2 is 1.31 bits per heavy atom. The molecule has 0 aliphatic carbocycles. The van der Waals surface area contributed by atoms with Crippen LogP contribution in [0.1, 0.15) is 39.2 Å². The van der Waals surface area contributed by atoms with Crippen molar-refractivity contribution in [2.45, 2.75) is 39.7 Å². The van der Waals surface area contributed by atoms with E-state index in [1.54, 1.807) is 13.8 Å². The highest BCUT2D eigenvalue weighted by Gasteiger charge is 1.93. The maximum atomic E-state index is 8.06. The second-order valence-corrected chi connectivity index (χ2v) is 3.66. The molecule has 0 aliphatic rings. The van der Waals surface area contributed by atoms with Crippen LogP contribution >= 0.6 is 0 Å². The summed E-state index contributed by atoms with van der Waals surface area (Å²) in [5.74, 6) is 0.659. The van der Waals surface area contributed by atoms with Crippen molar-refractivity contribution in [1.29, 1.82) is 0 Å². The summed E-state index contributed by atoms with van der Waals surface area (Å²) in [5, 5.41) is 8.06. The Morgan fingerprint density at radius 1 is 0.923 bits per heavy atom. The number of hydrogen-bond acceptors (Lipinski definition) is 1. The maximum Gasteiger partial charge on any atom is 0.0483 e. The molecular weight excluding hydrogens is 160 g/mol. The van der Waals surface area contributed by atoms with Crippen molar-refractivity contribution in [2.24, 2.45) is 0 Å². The van der Waals surface area contributed by atoms with Gasteiger partial charge in [-0.1, -0.05) is 44.2 Å². The van der Waals surface area contributed by atoms with Gasteiger partial charge < -0.3 is 5.11 Å². The Kier molecular flexibility index (Phi) is 6.25. The van der Waals surface area contributed by atoms with Crippen LogP contribution in [0.3, 0.4) is 0 Å². The average Bonchev–Trinajstić information content (AvgIpc) is 2.05. The summed E-state index contributed by atoms with van der Waals surface area (Å²) >= 11 is 0. The molecule has 0 radical (unpaired) electrons. The molecule has 13 heavy (non-hydrogen) atoms. The Labute approximate surface area is 81.4 Å². The van der Waals surface area contributed by atoms with Gasteiger partial charge >= 0.3 is 0 Å². The first-order valence-electron chi connectivity index (χ1n) is 4.77. The molecule has 1 aromatic carbocycles. The molecule has 0 heterocycles. The fraction of sp³-hybridized carbons (Fsp3) is 0.500. The lowest BCUT2D eigenvalue weighted by atomic mass is 10.0. The Bertz CT molecular complexity index is 199. The van der Waals surface area contributed by atoms with Gasteiger partial charge in [-0.15, -0.1) is 0 Å². The van der Waals surface area contributed by atoms with E-state index < -0.39 is 0 Å². The van der Waals surface area contributed by atoms with Gasteiger partial charge in [0, 0.05) is 6.10 Å². The second kappa shape index (κ2) is 6.67. The number of benzene rings is 1. The first-order valence-corrected chi connectivity index (χ1v) is 4.77. The average molecular weight is 180 g/mol. The molecule has 1 N–H and O–H groups in total. The van der Waals surface area contributed by atoms with Crippen LogP contribution in [0.15, 0.2) is 30.3 Å². The van der Waals surface area contributed by atoms with Crippen molar-refractivity contribution >= 4 is 0 Å². The van der Waals surface area contributed by atoms with Crippen molar-refractivity contribution in [3.05, 3.63) is 35.9 Å². The van der Waals surface area contributed by atoms with Crippen LogP contribution in [0.5, 0.6) is 0 Å². The number of rotatable bonds is 1. The van der Waals surface area contributed by atoms with Gasteiger partial charge in [0.2, 0.25) is 0 Å². The largest absolute Gasteiger partial charge is 0.394 e. The van der Waals surface area contributed by atoms with Crippen LogP contribution in [0.25, 0.3) is 0 Å². The van der Waals surface area contributed by atoms with Crippen molar-refractivity contribution in [2.75, 3.05) is 0 Å². The van der Waals surface area contributed by atoms with Crippen molar-refractivity contribution in [3.63, 3.8) is 0 Å². The van der Waals surface area contributed by atoms with Crippen LogP contribution in [0.4, 0.5) is 0 Å². The fourth-order valence-corrected chi connectivity index (χ4v) is 0.838. The van der Waals surface area contributed by atoms with Crippen molar-refractivity contribution in [3.8, 4) is 0 Å². The number of hydrogen-bond donors (Lipinski definition) is 1. The van der Waals surface area contributed by atoms with Gasteiger partial charge in [0.15, 0.2) is 0 Å². The second-order valence-electron chi connectivity index (χ2n) is 3.66. The van der Waals surface area contributed by atoms with E-state index in [0.29, 0.717) is 5.92 Å². The van der Waals surface area contributed by atoms with Crippen molar-refractivity contribution in [1.82, 2.24) is 0 Å². The highest BCUT2D eigenvalue weighted by molar-refractivity contribution is 5.17. The van der Waals surface area contributed by atoms with Gasteiger partial charge in [0.1, 0.15) is 0 Å². The van der Waals surface area contributed by atoms with Crippen LogP contribution in [0, 0.1) is 0 Å². The van der Waals surface area contributed by atoms with Gasteiger partial charge in [-0.05, 0) is 25.3 Å². The molecule has 1 rings (SSSR count). The van der Waals surface area contributed by atoms with Gasteiger partial charge in [-0.2, -0.15) is 0 Å². The lowest BCUT2D eigenvalue weighted by Gasteiger charge is -2.01. The lowest BCUT2D eigenvalue weighted by Crippen LogP contribution is -1.85. The molecule has 0 bridgehead atoms. The van der Waals surface area contributed by atoms with Crippen LogP contribution in [-0.4, -0.2) is 11.2 Å². The summed E-state index contributed by atoms with van der Waals surface area (Å²) in [6.07, 6.45) is -0.167. The minimum atomic E-state index is -0.167. The molecule has 0 aliphatic heterocycles. The molecule has 74 valence electrons. The zero-order valence-corrected chi connectivity index (χ0v) is 8.99. The van der Waals surface area contributed by atoms with Crippen LogP contribution < -0.4 is 0 Å². The molecule has 0 saturated heterocycles. The van der Waals surface area contributed by atoms with E-state index in [4.69, 9.17) is 5.11 Å². The molecule has 0 atom stereocenters. The Hall–Kier alpha value is -0.820. The smallest absolute Gasteiger partial charge is 0.0483 e. The van der Waals surface area contributed by atoms with E-state index in [1.165, 1.54) is 5.56 Å². The summed E-state index contributed by atoms with van der Waals surface area (Å²) in [5.41, 5.74) is 1.41. The first kappa shape index (κ1) is 12.2. The monoisotopic (exact) mass is 180 g/mol. The van der Waals surface area contributed by atoms with Gasteiger partial charge in [0.05, 0.1) is 0 Å². The standard InChI is InChI=1S/C9H12.C3H8O/c1-8(2)9-6-4-3-5-7-9;1-3(2)4/h3-8H,1-2H3;3-4H,1-2H3. The zero-order chi connectivity index (χ0) is 10.3. The summed E-state index contributed by atoms with van der Waals surface area (Å²) in [6, 6.07) is 10.5. The summed E-state index contributed by atoms with van der Waals surface area (Å²) < 4.78 is 0. The topological polar surface area (TPSA) is 20.2 Å². The molecular formula is C12H20O. The molecule has 0 saturated carbocycles. The summed E-state index contributed by atoms with van der Waals surface area (Å²) in [6.45, 7) is 7.85. The molecule has 1 heteroatoms. The van der Waals surface area contributed by atoms with Crippen LogP contribution in [-0.2, 0) is 0 Å². The number of aliphatic hydroxyl groups is 1. The quantitative estimate of drug-likeness (QED) is 0.703. The Balaban J connectivity index is 0.000000310. The van der Waals surface area contributed by atoms with Gasteiger partial charge in [-0.3, -0.25) is 0 Å². The van der Waals surface area contributed by atoms with Crippen molar-refractivity contribution < 1.29 is 5.11 Å². The summed E-state index contributed by atoms with van der Waals surface area (Å²) in [4.78, 5) is 0. The Morgan fingerprint density at radius 3 is 1.54 bits per heavy atom. The summed E-state index contributed by atoms with van der Waals surface area (Å²) in [7, 11) is 0. The minimum Gasteiger partial charge on any atom is -0.394 e. The van der Waals surface area contributed by atoms with Gasteiger partial charge in [-0.25, -0.2) is 0 Å². The molecule has 0 amide bonds. The predicted molar refractivity (Wildman–Crippen MR) is 57.9 cm³/mol. The lowest BCUT2D eigenvalue weighted by molar-refractivity contribution is 0.216. The maximum absolute atomic E-state index is 8.06. The zero-order valence-electron chi connectivity index (χ0n) is 8.99. The molecule has 0 aromatic heterocycles. The third kappa shape index (κ3) is 7.54.